The van der Waals surface area contributed by atoms with Crippen molar-refractivity contribution in [2.45, 2.75) is 32.0 Å². The molecule has 1 heterocycles. The van der Waals surface area contributed by atoms with Crippen LogP contribution in [0.4, 0.5) is 0 Å². The Hall–Kier alpha value is -1.59. The van der Waals surface area contributed by atoms with E-state index in [0.717, 1.165) is 5.56 Å². The zero-order chi connectivity index (χ0) is 14.7. The van der Waals surface area contributed by atoms with Crippen molar-refractivity contribution in [3.8, 4) is 0 Å². The second-order valence-corrected chi connectivity index (χ2v) is 5.33. The Labute approximate surface area is 121 Å². The van der Waals surface area contributed by atoms with Crippen LogP contribution >= 0.6 is 11.6 Å². The van der Waals surface area contributed by atoms with Gasteiger partial charge in [0, 0.05) is 17.1 Å². The summed E-state index contributed by atoms with van der Waals surface area (Å²) in [4.78, 5) is 22.7. The summed E-state index contributed by atoms with van der Waals surface area (Å²) in [6, 6.07) is 5.12. The lowest BCUT2D eigenvalue weighted by Gasteiger charge is -2.12. The Bertz CT molecular complexity index is 512. The summed E-state index contributed by atoms with van der Waals surface area (Å²) in [5.74, 6) is -1.19. The van der Waals surface area contributed by atoms with Crippen molar-refractivity contribution in [2.24, 2.45) is 0 Å². The van der Waals surface area contributed by atoms with Crippen molar-refractivity contribution in [3.05, 3.63) is 34.3 Å². The number of carbonyl (C=O) groups excluding carboxylic acids is 1. The standard InChI is InChI=1S/C14H16ClNO4/c1-8-4-9(6-10(15)5-8)13(17)16-7-11-2-3-12(20-11)14(18)19/h4-6,11-12H,2-3,7H2,1H3,(H,16,17)(H,18,19). The number of aliphatic carboxylic acids is 1. The molecule has 0 spiro atoms. The van der Waals surface area contributed by atoms with Gasteiger partial charge in [-0.05, 0) is 43.5 Å². The van der Waals surface area contributed by atoms with Crippen molar-refractivity contribution in [1.82, 2.24) is 5.32 Å². The summed E-state index contributed by atoms with van der Waals surface area (Å²) in [6.45, 7) is 2.16. The number of nitrogens with one attached hydrogen (secondary N) is 1. The van der Waals surface area contributed by atoms with Crippen molar-refractivity contribution in [3.63, 3.8) is 0 Å². The molecule has 20 heavy (non-hydrogen) atoms. The van der Waals surface area contributed by atoms with E-state index in [1.807, 2.05) is 6.92 Å². The highest BCUT2D eigenvalue weighted by Gasteiger charge is 2.30. The van der Waals surface area contributed by atoms with Gasteiger partial charge in [-0.15, -0.1) is 0 Å². The maximum absolute atomic E-state index is 12.0. The van der Waals surface area contributed by atoms with Gasteiger partial charge in [0.25, 0.3) is 5.91 Å². The van der Waals surface area contributed by atoms with Crippen molar-refractivity contribution >= 4 is 23.5 Å². The molecule has 1 aliphatic heterocycles. The maximum Gasteiger partial charge on any atom is 0.332 e. The Kier molecular flexibility index (Phi) is 4.62. The fourth-order valence-corrected chi connectivity index (χ4v) is 2.50. The maximum atomic E-state index is 12.0. The van der Waals surface area contributed by atoms with Crippen molar-refractivity contribution in [1.29, 1.82) is 0 Å². The fraction of sp³-hybridized carbons (Fsp3) is 0.429. The monoisotopic (exact) mass is 297 g/mol. The number of carbonyl (C=O) groups is 2. The van der Waals surface area contributed by atoms with E-state index in [1.165, 1.54) is 0 Å². The predicted octanol–water partition coefficient (Wildman–Crippen LogP) is 2.01. The molecule has 1 fully saturated rings. The highest BCUT2D eigenvalue weighted by Crippen LogP contribution is 2.19. The molecule has 2 atom stereocenters. The molecule has 1 saturated heterocycles. The number of ether oxygens (including phenoxy) is 1. The first-order valence-corrected chi connectivity index (χ1v) is 6.77. The minimum Gasteiger partial charge on any atom is -0.479 e. The molecule has 1 aromatic carbocycles. The first-order chi connectivity index (χ1) is 9.45. The Morgan fingerprint density at radius 3 is 2.75 bits per heavy atom. The summed E-state index contributed by atoms with van der Waals surface area (Å²) >= 11 is 5.91. The van der Waals surface area contributed by atoms with E-state index in [2.05, 4.69) is 5.32 Å². The van der Waals surface area contributed by atoms with E-state index in [1.54, 1.807) is 18.2 Å². The molecule has 5 nitrogen and oxygen atoms in total. The van der Waals surface area contributed by atoms with Gasteiger partial charge in [0.15, 0.2) is 6.10 Å². The van der Waals surface area contributed by atoms with Gasteiger partial charge in [0.2, 0.25) is 0 Å². The number of aryl methyl sites for hydroxylation is 1. The first kappa shape index (κ1) is 14.8. The molecule has 0 saturated carbocycles. The average Bonchev–Trinajstić information content (AvgIpc) is 2.83. The summed E-state index contributed by atoms with van der Waals surface area (Å²) in [5.41, 5.74) is 1.40. The van der Waals surface area contributed by atoms with Gasteiger partial charge in [0.1, 0.15) is 0 Å². The summed E-state index contributed by atoms with van der Waals surface area (Å²) in [5, 5.41) is 12.1. The van der Waals surface area contributed by atoms with Crippen LogP contribution in [0.3, 0.4) is 0 Å². The normalized spacial score (nSPS) is 21.7. The highest BCUT2D eigenvalue weighted by atomic mass is 35.5. The van der Waals surface area contributed by atoms with Gasteiger partial charge in [-0.1, -0.05) is 11.6 Å². The molecule has 0 radical (unpaired) electrons. The van der Waals surface area contributed by atoms with Crippen LogP contribution in [0.5, 0.6) is 0 Å². The molecule has 2 rings (SSSR count). The lowest BCUT2D eigenvalue weighted by Crippen LogP contribution is -2.33. The molecule has 1 aliphatic rings. The van der Waals surface area contributed by atoms with Crippen LogP contribution in [0.2, 0.25) is 5.02 Å². The van der Waals surface area contributed by atoms with Crippen molar-refractivity contribution < 1.29 is 19.4 Å². The van der Waals surface area contributed by atoms with Gasteiger partial charge >= 0.3 is 5.97 Å². The predicted molar refractivity (Wildman–Crippen MR) is 74.1 cm³/mol. The van der Waals surface area contributed by atoms with Crippen LogP contribution in [0.25, 0.3) is 0 Å². The van der Waals surface area contributed by atoms with Crippen LogP contribution in [-0.4, -0.2) is 35.7 Å². The van der Waals surface area contributed by atoms with Crippen LogP contribution in [0, 0.1) is 6.92 Å². The third-order valence-electron chi connectivity index (χ3n) is 3.18. The molecule has 0 bridgehead atoms. The fourth-order valence-electron chi connectivity index (χ4n) is 2.21. The zero-order valence-electron chi connectivity index (χ0n) is 11.1. The lowest BCUT2D eigenvalue weighted by molar-refractivity contribution is -0.149. The molecule has 2 unspecified atom stereocenters. The molecule has 1 amide bonds. The van der Waals surface area contributed by atoms with E-state index in [0.29, 0.717) is 30.0 Å². The number of benzene rings is 1. The van der Waals surface area contributed by atoms with Gasteiger partial charge in [-0.2, -0.15) is 0 Å². The third-order valence-corrected chi connectivity index (χ3v) is 3.40. The van der Waals surface area contributed by atoms with Crippen molar-refractivity contribution in [2.75, 3.05) is 6.54 Å². The number of carboxylic acids is 1. The molecule has 2 N–H and O–H groups in total. The minimum atomic E-state index is -0.954. The largest absolute Gasteiger partial charge is 0.479 e. The third kappa shape index (κ3) is 3.71. The van der Waals surface area contributed by atoms with E-state index in [9.17, 15) is 9.59 Å². The Morgan fingerprint density at radius 1 is 1.40 bits per heavy atom. The van der Waals surface area contributed by atoms with Crippen LogP contribution < -0.4 is 5.32 Å². The van der Waals surface area contributed by atoms with Gasteiger partial charge in [0.05, 0.1) is 6.10 Å². The molecule has 108 valence electrons. The van der Waals surface area contributed by atoms with E-state index >= 15 is 0 Å². The number of carboxylic acid groups (broad SMARTS) is 1. The summed E-state index contributed by atoms with van der Waals surface area (Å²) in [6.07, 6.45) is 0.100. The molecule has 0 aromatic heterocycles. The number of halogens is 1. The highest BCUT2D eigenvalue weighted by molar-refractivity contribution is 6.31. The summed E-state index contributed by atoms with van der Waals surface area (Å²) < 4.78 is 5.32. The molecule has 6 heteroatoms. The molecule has 1 aromatic rings. The lowest BCUT2D eigenvalue weighted by atomic mass is 10.1. The zero-order valence-corrected chi connectivity index (χ0v) is 11.8. The quantitative estimate of drug-likeness (QED) is 0.891. The van der Waals surface area contributed by atoms with Crippen LogP contribution in [0.1, 0.15) is 28.8 Å². The first-order valence-electron chi connectivity index (χ1n) is 6.39. The van der Waals surface area contributed by atoms with Gasteiger partial charge < -0.3 is 15.2 Å². The van der Waals surface area contributed by atoms with Crippen LogP contribution in [0.15, 0.2) is 18.2 Å². The smallest absolute Gasteiger partial charge is 0.332 e. The summed E-state index contributed by atoms with van der Waals surface area (Å²) in [7, 11) is 0. The molecular weight excluding hydrogens is 282 g/mol. The van der Waals surface area contributed by atoms with Gasteiger partial charge in [-0.25, -0.2) is 4.79 Å². The Morgan fingerprint density at radius 2 is 2.15 bits per heavy atom. The topological polar surface area (TPSA) is 75.6 Å². The minimum absolute atomic E-state index is 0.238. The SMILES string of the molecule is Cc1cc(Cl)cc(C(=O)NCC2CCC(C(=O)O)O2)c1. The van der Waals surface area contributed by atoms with E-state index < -0.39 is 12.1 Å². The average molecular weight is 298 g/mol. The van der Waals surface area contributed by atoms with E-state index in [4.69, 9.17) is 21.4 Å². The molecular formula is C14H16ClNO4. The number of hydrogen-bond acceptors (Lipinski definition) is 3. The Balaban J connectivity index is 1.88. The second kappa shape index (κ2) is 6.24. The number of amides is 1. The second-order valence-electron chi connectivity index (χ2n) is 4.89. The number of hydrogen-bond donors (Lipinski definition) is 2. The van der Waals surface area contributed by atoms with Gasteiger partial charge in [-0.3, -0.25) is 4.79 Å². The van der Waals surface area contributed by atoms with Crippen LogP contribution in [-0.2, 0) is 9.53 Å². The molecule has 0 aliphatic carbocycles. The van der Waals surface area contributed by atoms with E-state index in [-0.39, 0.29) is 12.0 Å². The number of rotatable bonds is 4.